The molecule has 0 unspecified atom stereocenters. The van der Waals surface area contributed by atoms with Crippen LogP contribution in [0.2, 0.25) is 0 Å². The lowest BCUT2D eigenvalue weighted by atomic mass is 10.4. The second-order valence-corrected chi connectivity index (χ2v) is 3.75. The van der Waals surface area contributed by atoms with E-state index in [0.29, 0.717) is 12.5 Å². The number of aromatic nitrogens is 2. The third-order valence-electron chi connectivity index (χ3n) is 2.10. The summed E-state index contributed by atoms with van der Waals surface area (Å²) in [5.41, 5.74) is 6.67. The van der Waals surface area contributed by atoms with Gasteiger partial charge in [0.05, 0.1) is 6.54 Å². The number of nitrogens with zero attached hydrogens (tertiary/aromatic N) is 3. The molecule has 0 saturated heterocycles. The highest BCUT2D eigenvalue weighted by Gasteiger charge is 1.96. The van der Waals surface area contributed by atoms with Gasteiger partial charge in [0.25, 0.3) is 0 Å². The van der Waals surface area contributed by atoms with Crippen LogP contribution >= 0.6 is 0 Å². The van der Waals surface area contributed by atoms with Gasteiger partial charge in [0, 0.05) is 25.5 Å². The molecule has 5 nitrogen and oxygen atoms in total. The van der Waals surface area contributed by atoms with Crippen molar-refractivity contribution in [2.45, 2.75) is 20.4 Å². The fourth-order valence-corrected chi connectivity index (χ4v) is 1.22. The Morgan fingerprint density at radius 1 is 1.69 bits per heavy atom. The molecule has 5 heteroatoms. The topological polar surface area (TPSA) is 68.2 Å². The summed E-state index contributed by atoms with van der Waals surface area (Å²) in [4.78, 5) is 8.26. The molecule has 0 spiro atoms. The second-order valence-electron chi connectivity index (χ2n) is 3.75. The molecule has 1 heterocycles. The van der Waals surface area contributed by atoms with E-state index in [1.165, 1.54) is 0 Å². The second kappa shape index (κ2) is 5.95. The molecule has 0 aliphatic carbocycles. The molecule has 16 heavy (non-hydrogen) atoms. The predicted molar refractivity (Wildman–Crippen MR) is 66.3 cm³/mol. The van der Waals surface area contributed by atoms with Crippen molar-refractivity contribution >= 4 is 5.96 Å². The van der Waals surface area contributed by atoms with E-state index in [1.54, 1.807) is 6.20 Å². The summed E-state index contributed by atoms with van der Waals surface area (Å²) in [5.74, 6) is 1.46. The molecule has 0 radical (unpaired) electrons. The number of hydrogen-bond donors (Lipinski definition) is 2. The number of nitrogens with one attached hydrogen (secondary N) is 1. The van der Waals surface area contributed by atoms with Crippen LogP contribution in [-0.4, -0.2) is 28.6 Å². The Labute approximate surface area is 96.1 Å². The molecule has 0 aromatic carbocycles. The maximum atomic E-state index is 5.67. The normalized spacial score (nSPS) is 11.5. The molecule has 0 bridgehead atoms. The van der Waals surface area contributed by atoms with E-state index in [9.17, 15) is 0 Å². The first-order chi connectivity index (χ1) is 7.59. The summed E-state index contributed by atoms with van der Waals surface area (Å²) in [6.45, 7) is 9.79. The van der Waals surface area contributed by atoms with E-state index >= 15 is 0 Å². The highest BCUT2D eigenvalue weighted by atomic mass is 15.1. The van der Waals surface area contributed by atoms with Gasteiger partial charge in [0.1, 0.15) is 5.82 Å². The molecular weight excluding hydrogens is 202 g/mol. The summed E-state index contributed by atoms with van der Waals surface area (Å²) in [6, 6.07) is 0. The zero-order valence-electron chi connectivity index (χ0n) is 9.90. The van der Waals surface area contributed by atoms with Crippen molar-refractivity contribution in [1.29, 1.82) is 0 Å². The smallest absolute Gasteiger partial charge is 0.188 e. The van der Waals surface area contributed by atoms with Gasteiger partial charge < -0.3 is 15.6 Å². The Morgan fingerprint density at radius 3 is 3.00 bits per heavy atom. The standard InChI is InChI=1S/C11H19N5/c1-9(2)8-15-11(12)14-5-7-16-6-4-13-10(16)3/h4,6H,1,5,7-8H2,2-3H3,(H3,12,14,15). The molecule has 0 amide bonds. The maximum absolute atomic E-state index is 5.67. The molecule has 1 aromatic rings. The molecule has 0 fully saturated rings. The van der Waals surface area contributed by atoms with Gasteiger partial charge in [-0.1, -0.05) is 12.2 Å². The van der Waals surface area contributed by atoms with Crippen molar-refractivity contribution in [3.63, 3.8) is 0 Å². The van der Waals surface area contributed by atoms with Gasteiger partial charge in [0.15, 0.2) is 5.96 Å². The molecule has 3 N–H and O–H groups in total. The molecule has 1 aromatic heterocycles. The van der Waals surface area contributed by atoms with Crippen LogP contribution in [0.5, 0.6) is 0 Å². The van der Waals surface area contributed by atoms with Gasteiger partial charge in [-0.3, -0.25) is 0 Å². The van der Waals surface area contributed by atoms with Crippen molar-refractivity contribution in [3.05, 3.63) is 30.4 Å². The van der Waals surface area contributed by atoms with Crippen LogP contribution in [0.4, 0.5) is 0 Å². The summed E-state index contributed by atoms with van der Waals surface area (Å²) in [7, 11) is 0. The summed E-state index contributed by atoms with van der Waals surface area (Å²) in [5, 5.41) is 3.04. The van der Waals surface area contributed by atoms with Crippen molar-refractivity contribution in [3.8, 4) is 0 Å². The quantitative estimate of drug-likeness (QED) is 0.436. The van der Waals surface area contributed by atoms with E-state index in [-0.39, 0.29) is 0 Å². The Balaban J connectivity index is 2.28. The van der Waals surface area contributed by atoms with Crippen LogP contribution in [0.25, 0.3) is 0 Å². The first-order valence-corrected chi connectivity index (χ1v) is 5.25. The van der Waals surface area contributed by atoms with E-state index < -0.39 is 0 Å². The first-order valence-electron chi connectivity index (χ1n) is 5.25. The molecule has 1 rings (SSSR count). The number of hydrogen-bond acceptors (Lipinski definition) is 2. The Bertz CT molecular complexity index is 377. The number of guanidine groups is 1. The van der Waals surface area contributed by atoms with E-state index in [4.69, 9.17) is 5.73 Å². The van der Waals surface area contributed by atoms with E-state index in [1.807, 2.05) is 20.0 Å². The molecule has 0 aliphatic rings. The van der Waals surface area contributed by atoms with E-state index in [2.05, 4.69) is 26.4 Å². The van der Waals surface area contributed by atoms with Crippen molar-refractivity contribution < 1.29 is 0 Å². The van der Waals surface area contributed by atoms with Crippen molar-refractivity contribution in [2.75, 3.05) is 13.1 Å². The van der Waals surface area contributed by atoms with E-state index in [0.717, 1.165) is 24.5 Å². The van der Waals surface area contributed by atoms with Crippen LogP contribution < -0.4 is 11.1 Å². The van der Waals surface area contributed by atoms with Crippen LogP contribution in [0.15, 0.2) is 29.5 Å². The Morgan fingerprint density at radius 2 is 2.44 bits per heavy atom. The molecule has 88 valence electrons. The lowest BCUT2D eigenvalue weighted by Crippen LogP contribution is -2.34. The van der Waals surface area contributed by atoms with Gasteiger partial charge in [-0.05, 0) is 13.8 Å². The Kier molecular flexibility index (Phi) is 4.57. The molecular formula is C11H19N5. The average Bonchev–Trinajstić information content (AvgIpc) is 2.61. The van der Waals surface area contributed by atoms with Crippen molar-refractivity contribution in [2.24, 2.45) is 10.7 Å². The average molecular weight is 221 g/mol. The number of nitrogens with two attached hydrogens (primary N) is 1. The molecule has 0 atom stereocenters. The van der Waals surface area contributed by atoms with Gasteiger partial charge >= 0.3 is 0 Å². The zero-order valence-corrected chi connectivity index (χ0v) is 9.90. The van der Waals surface area contributed by atoms with Gasteiger partial charge in [-0.2, -0.15) is 0 Å². The van der Waals surface area contributed by atoms with Gasteiger partial charge in [-0.25, -0.2) is 9.98 Å². The zero-order chi connectivity index (χ0) is 12.0. The minimum Gasteiger partial charge on any atom is -0.370 e. The number of aliphatic imine (C=N–C) groups is 1. The van der Waals surface area contributed by atoms with Crippen LogP contribution in [0.3, 0.4) is 0 Å². The predicted octanol–water partition coefficient (Wildman–Crippen LogP) is 0.672. The lowest BCUT2D eigenvalue weighted by molar-refractivity contribution is 0.652. The minimum atomic E-state index is 0.459. The third-order valence-corrected chi connectivity index (χ3v) is 2.10. The number of aryl methyl sites for hydroxylation is 1. The van der Waals surface area contributed by atoms with Gasteiger partial charge in [-0.15, -0.1) is 0 Å². The number of imidazole rings is 1. The van der Waals surface area contributed by atoms with Crippen LogP contribution in [-0.2, 0) is 6.54 Å². The van der Waals surface area contributed by atoms with Crippen LogP contribution in [0.1, 0.15) is 12.7 Å². The first kappa shape index (κ1) is 12.3. The van der Waals surface area contributed by atoms with Gasteiger partial charge in [0.2, 0.25) is 0 Å². The monoisotopic (exact) mass is 221 g/mol. The Hall–Kier alpha value is -1.78. The molecule has 0 saturated carbocycles. The summed E-state index contributed by atoms with van der Waals surface area (Å²) < 4.78 is 2.05. The minimum absolute atomic E-state index is 0.459. The SMILES string of the molecule is C=C(C)CN=C(N)NCCn1ccnc1C. The largest absolute Gasteiger partial charge is 0.370 e. The van der Waals surface area contributed by atoms with Crippen LogP contribution in [0, 0.1) is 6.92 Å². The highest BCUT2D eigenvalue weighted by molar-refractivity contribution is 5.77. The highest BCUT2D eigenvalue weighted by Crippen LogP contribution is 1.93. The van der Waals surface area contributed by atoms with Crippen molar-refractivity contribution in [1.82, 2.24) is 14.9 Å². The fourth-order valence-electron chi connectivity index (χ4n) is 1.22. The fraction of sp³-hybridized carbons (Fsp3) is 0.455. The number of rotatable bonds is 5. The summed E-state index contributed by atoms with van der Waals surface area (Å²) in [6.07, 6.45) is 3.73. The maximum Gasteiger partial charge on any atom is 0.188 e. The summed E-state index contributed by atoms with van der Waals surface area (Å²) >= 11 is 0. The third kappa shape index (κ3) is 4.16. The molecule has 0 aliphatic heterocycles. The lowest BCUT2D eigenvalue weighted by Gasteiger charge is -2.07.